The first-order valence-corrected chi connectivity index (χ1v) is 7.97. The first-order chi connectivity index (χ1) is 9.99. The number of carboxylic acid groups (broad SMARTS) is 1. The summed E-state index contributed by atoms with van der Waals surface area (Å²) in [5.41, 5.74) is 0. The molecule has 3 unspecified atom stereocenters. The molecule has 2 N–H and O–H groups in total. The molecule has 1 saturated heterocycles. The van der Waals surface area contributed by atoms with Gasteiger partial charge in [-0.05, 0) is 26.8 Å². The zero-order valence-electron chi connectivity index (χ0n) is 13.0. The maximum absolute atomic E-state index is 12.5. The molecule has 6 nitrogen and oxygen atoms in total. The molecule has 120 valence electrons. The van der Waals surface area contributed by atoms with Gasteiger partial charge in [-0.2, -0.15) is 0 Å². The van der Waals surface area contributed by atoms with E-state index in [1.54, 1.807) is 0 Å². The molecule has 0 aromatic rings. The molecule has 0 spiro atoms. The normalized spacial score (nSPS) is 31.5. The van der Waals surface area contributed by atoms with Crippen molar-refractivity contribution in [1.29, 1.82) is 0 Å². The molecule has 2 aliphatic rings. The maximum Gasteiger partial charge on any atom is 0.317 e. The number of rotatable bonds is 2. The summed E-state index contributed by atoms with van der Waals surface area (Å²) < 4.78 is 0. The predicted octanol–water partition coefficient (Wildman–Crippen LogP) is 1.37. The molecule has 0 radical (unpaired) electrons. The van der Waals surface area contributed by atoms with E-state index < -0.39 is 11.9 Å². The molecule has 0 aromatic heterocycles. The number of aliphatic carboxylic acids is 1. The van der Waals surface area contributed by atoms with Crippen LogP contribution in [0.3, 0.4) is 0 Å². The van der Waals surface area contributed by atoms with Crippen molar-refractivity contribution in [2.24, 2.45) is 5.92 Å². The van der Waals surface area contributed by atoms with Gasteiger partial charge in [0.2, 0.25) is 0 Å². The minimum atomic E-state index is -0.784. The molecule has 1 aliphatic heterocycles. The van der Waals surface area contributed by atoms with Crippen LogP contribution in [0.15, 0.2) is 0 Å². The number of hydrogen-bond donors (Lipinski definition) is 2. The van der Waals surface area contributed by atoms with Gasteiger partial charge in [0, 0.05) is 31.7 Å². The predicted molar refractivity (Wildman–Crippen MR) is 80.2 cm³/mol. The lowest BCUT2D eigenvalue weighted by atomic mass is 9.95. The fraction of sp³-hybridized carbons (Fsp3) is 0.867. The Morgan fingerprint density at radius 3 is 2.52 bits per heavy atom. The lowest BCUT2D eigenvalue weighted by Crippen LogP contribution is -2.57. The van der Waals surface area contributed by atoms with Gasteiger partial charge in [-0.15, -0.1) is 0 Å². The molecular formula is C15H27N3O3. The van der Waals surface area contributed by atoms with E-state index >= 15 is 0 Å². The van der Waals surface area contributed by atoms with Crippen molar-refractivity contribution < 1.29 is 14.7 Å². The zero-order valence-corrected chi connectivity index (χ0v) is 13.0. The van der Waals surface area contributed by atoms with E-state index in [9.17, 15) is 14.7 Å². The van der Waals surface area contributed by atoms with E-state index in [-0.39, 0.29) is 18.1 Å². The van der Waals surface area contributed by atoms with Gasteiger partial charge >= 0.3 is 12.0 Å². The third-order valence-electron chi connectivity index (χ3n) is 4.73. The second kappa shape index (κ2) is 7.11. The van der Waals surface area contributed by atoms with Crippen molar-refractivity contribution in [1.82, 2.24) is 15.1 Å². The van der Waals surface area contributed by atoms with Crippen LogP contribution in [0.25, 0.3) is 0 Å². The quantitative estimate of drug-likeness (QED) is 0.755. The first kappa shape index (κ1) is 16.1. The highest BCUT2D eigenvalue weighted by atomic mass is 16.4. The van der Waals surface area contributed by atoms with Gasteiger partial charge in [0.15, 0.2) is 0 Å². The molecule has 0 bridgehead atoms. The number of urea groups is 1. The molecule has 2 amide bonds. The van der Waals surface area contributed by atoms with Gasteiger partial charge in [-0.3, -0.25) is 4.79 Å². The third-order valence-corrected chi connectivity index (χ3v) is 4.73. The topological polar surface area (TPSA) is 72.9 Å². The summed E-state index contributed by atoms with van der Waals surface area (Å²) in [6.07, 6.45) is 4.42. The Kier molecular flexibility index (Phi) is 5.45. The number of nitrogens with zero attached hydrogens (tertiary/aromatic N) is 2. The first-order valence-electron chi connectivity index (χ1n) is 7.97. The van der Waals surface area contributed by atoms with Crippen molar-refractivity contribution in [2.45, 2.75) is 51.1 Å². The second-order valence-corrected chi connectivity index (χ2v) is 6.44. The molecule has 6 heteroatoms. The fourth-order valence-electron chi connectivity index (χ4n) is 3.46. The van der Waals surface area contributed by atoms with Gasteiger partial charge in [-0.1, -0.05) is 19.3 Å². The summed E-state index contributed by atoms with van der Waals surface area (Å²) in [5.74, 6) is -1.23. The van der Waals surface area contributed by atoms with Crippen LogP contribution in [-0.4, -0.2) is 65.7 Å². The summed E-state index contributed by atoms with van der Waals surface area (Å²) >= 11 is 0. The summed E-state index contributed by atoms with van der Waals surface area (Å²) in [5, 5.41) is 12.4. The highest BCUT2D eigenvalue weighted by Gasteiger charge is 2.33. The molecule has 3 atom stereocenters. The second-order valence-electron chi connectivity index (χ2n) is 6.44. The van der Waals surface area contributed by atoms with Gasteiger partial charge < -0.3 is 20.2 Å². The number of piperazine rings is 1. The summed E-state index contributed by atoms with van der Waals surface area (Å²) in [6.45, 7) is 4.47. The average Bonchev–Trinajstić information content (AvgIpc) is 2.63. The van der Waals surface area contributed by atoms with Crippen LogP contribution >= 0.6 is 0 Å². The number of likely N-dealkylation sites (N-methyl/N-ethyl adjacent to an activating group) is 1. The van der Waals surface area contributed by atoms with Crippen LogP contribution in [0.5, 0.6) is 0 Å². The van der Waals surface area contributed by atoms with E-state index in [1.165, 1.54) is 0 Å². The van der Waals surface area contributed by atoms with Gasteiger partial charge in [0.1, 0.15) is 0 Å². The van der Waals surface area contributed by atoms with Crippen LogP contribution in [0.1, 0.15) is 39.0 Å². The van der Waals surface area contributed by atoms with Gasteiger partial charge in [0.25, 0.3) is 0 Å². The molecule has 2 rings (SSSR count). The molecule has 1 saturated carbocycles. The van der Waals surface area contributed by atoms with Gasteiger partial charge in [-0.25, -0.2) is 4.79 Å². The summed E-state index contributed by atoms with van der Waals surface area (Å²) in [7, 11) is 2.05. The average molecular weight is 297 g/mol. The van der Waals surface area contributed by atoms with E-state index in [1.807, 2.05) is 11.8 Å². The lowest BCUT2D eigenvalue weighted by Gasteiger charge is -2.39. The highest BCUT2D eigenvalue weighted by Crippen LogP contribution is 2.24. The van der Waals surface area contributed by atoms with Crippen LogP contribution < -0.4 is 5.32 Å². The zero-order chi connectivity index (χ0) is 15.4. The Morgan fingerprint density at radius 1 is 1.14 bits per heavy atom. The fourth-order valence-corrected chi connectivity index (χ4v) is 3.46. The van der Waals surface area contributed by atoms with Crippen molar-refractivity contribution in [3.05, 3.63) is 0 Å². The minimum absolute atomic E-state index is 0.103. The Hall–Kier alpha value is -1.30. The SMILES string of the molecule is CC1CN(C)CCN1C(=O)NC1CCCCCC1C(=O)O. The van der Waals surface area contributed by atoms with E-state index in [0.29, 0.717) is 13.0 Å². The van der Waals surface area contributed by atoms with Crippen molar-refractivity contribution in [3.63, 3.8) is 0 Å². The number of carbonyl (C=O) groups excluding carboxylic acids is 1. The Labute approximate surface area is 126 Å². The molecule has 1 heterocycles. The van der Waals surface area contributed by atoms with E-state index in [2.05, 4.69) is 17.3 Å². The lowest BCUT2D eigenvalue weighted by molar-refractivity contribution is -0.142. The molecule has 0 aromatic carbocycles. The highest BCUT2D eigenvalue weighted by molar-refractivity contribution is 5.77. The Balaban J connectivity index is 1.97. The van der Waals surface area contributed by atoms with Crippen LogP contribution in [0.4, 0.5) is 4.79 Å². The van der Waals surface area contributed by atoms with Gasteiger partial charge in [0.05, 0.1) is 5.92 Å². The molecule has 2 fully saturated rings. The van der Waals surface area contributed by atoms with Crippen LogP contribution in [0.2, 0.25) is 0 Å². The number of carboxylic acids is 1. The molecule has 21 heavy (non-hydrogen) atoms. The Morgan fingerprint density at radius 2 is 1.86 bits per heavy atom. The number of hydrogen-bond acceptors (Lipinski definition) is 3. The number of carbonyl (C=O) groups is 2. The number of nitrogens with one attached hydrogen (secondary N) is 1. The number of amides is 2. The maximum atomic E-state index is 12.5. The third kappa shape index (κ3) is 4.09. The minimum Gasteiger partial charge on any atom is -0.481 e. The van der Waals surface area contributed by atoms with Crippen molar-refractivity contribution >= 4 is 12.0 Å². The standard InChI is InChI=1S/C15H27N3O3/c1-11-10-17(2)8-9-18(11)15(21)16-13-7-5-3-4-6-12(13)14(19)20/h11-13H,3-10H2,1-2H3,(H,16,21)(H,19,20). The van der Waals surface area contributed by atoms with Crippen LogP contribution in [0, 0.1) is 5.92 Å². The monoisotopic (exact) mass is 297 g/mol. The Bertz CT molecular complexity index is 388. The van der Waals surface area contributed by atoms with Crippen molar-refractivity contribution in [2.75, 3.05) is 26.7 Å². The summed E-state index contributed by atoms with van der Waals surface area (Å²) in [6, 6.07) is -0.170. The van der Waals surface area contributed by atoms with E-state index in [4.69, 9.17) is 0 Å². The smallest absolute Gasteiger partial charge is 0.317 e. The van der Waals surface area contributed by atoms with Crippen molar-refractivity contribution in [3.8, 4) is 0 Å². The largest absolute Gasteiger partial charge is 0.481 e. The van der Waals surface area contributed by atoms with Crippen LogP contribution in [-0.2, 0) is 4.79 Å². The molecular weight excluding hydrogens is 270 g/mol. The summed E-state index contributed by atoms with van der Waals surface area (Å²) in [4.78, 5) is 27.9. The molecule has 1 aliphatic carbocycles. The van der Waals surface area contributed by atoms with E-state index in [0.717, 1.165) is 38.8 Å².